The third-order valence-corrected chi connectivity index (χ3v) is 10.7. The van der Waals surface area contributed by atoms with Crippen molar-refractivity contribution in [2.24, 2.45) is 22.6 Å². The number of fused-ring (bicyclic) bond motifs is 2. The van der Waals surface area contributed by atoms with Gasteiger partial charge in [0.25, 0.3) is 23.6 Å². The third-order valence-electron chi connectivity index (χ3n) is 10.7. The van der Waals surface area contributed by atoms with Gasteiger partial charge in [-0.3, -0.25) is 38.8 Å². The van der Waals surface area contributed by atoms with Gasteiger partial charge in [0.15, 0.2) is 0 Å². The van der Waals surface area contributed by atoms with Crippen LogP contribution in [0.5, 0.6) is 0 Å². The van der Waals surface area contributed by atoms with Gasteiger partial charge in [-0.25, -0.2) is 4.99 Å². The van der Waals surface area contributed by atoms with Gasteiger partial charge in [0.05, 0.1) is 17.6 Å². The van der Waals surface area contributed by atoms with Gasteiger partial charge in [0.2, 0.25) is 5.91 Å². The zero-order valence-corrected chi connectivity index (χ0v) is 31.0. The van der Waals surface area contributed by atoms with Gasteiger partial charge in [-0.2, -0.15) is 0 Å². The summed E-state index contributed by atoms with van der Waals surface area (Å²) in [6, 6.07) is 15.0. The minimum absolute atomic E-state index is 0.0282. The molecular formula is C42H46N8O5. The minimum Gasteiger partial charge on any atom is -0.387 e. The number of nitrogens with one attached hydrogen (secondary N) is 3. The second kappa shape index (κ2) is 16.6. The number of aliphatic imine (C=N–C) groups is 1. The molecule has 13 nitrogen and oxygen atoms in total. The third kappa shape index (κ3) is 9.23. The summed E-state index contributed by atoms with van der Waals surface area (Å²) >= 11 is 0. The first-order valence-corrected chi connectivity index (χ1v) is 18.9. The molecule has 1 fully saturated rings. The lowest BCUT2D eigenvalue weighted by Gasteiger charge is -2.30. The van der Waals surface area contributed by atoms with Crippen LogP contribution in [0.3, 0.4) is 0 Å². The van der Waals surface area contributed by atoms with E-state index in [1.807, 2.05) is 49.4 Å². The molecule has 4 aliphatic rings. The number of rotatable bonds is 11. The van der Waals surface area contributed by atoms with Gasteiger partial charge in [0, 0.05) is 92.6 Å². The molecule has 13 heteroatoms. The SMILES string of the molecule is CC1=Cc2ccc(C(=O)Nc3cnc4c(c3)CN(Cc3ccc(C(=O)NCCNC(=O)C5CCC(CN6C(=O)C=CC6=O)CC5)cc3)CC4)cc2N=C(N)C1. The largest absolute Gasteiger partial charge is 0.387 e. The van der Waals surface area contributed by atoms with Crippen LogP contribution in [0, 0.1) is 11.8 Å². The van der Waals surface area contributed by atoms with E-state index in [0.717, 1.165) is 53.8 Å². The molecule has 0 spiro atoms. The Morgan fingerprint density at radius 3 is 2.38 bits per heavy atom. The number of hydrogen-bond acceptors (Lipinski definition) is 9. The van der Waals surface area contributed by atoms with E-state index in [1.54, 1.807) is 18.3 Å². The molecule has 7 rings (SSSR count). The van der Waals surface area contributed by atoms with Crippen LogP contribution in [-0.4, -0.2) is 76.3 Å². The topological polar surface area (TPSA) is 179 Å². The van der Waals surface area contributed by atoms with Crippen LogP contribution in [0.2, 0.25) is 0 Å². The fourth-order valence-corrected chi connectivity index (χ4v) is 7.70. The van der Waals surface area contributed by atoms with Gasteiger partial charge >= 0.3 is 0 Å². The number of anilines is 1. The van der Waals surface area contributed by atoms with Crippen molar-refractivity contribution in [2.75, 3.05) is 31.5 Å². The number of benzene rings is 2. The normalized spacial score (nSPS) is 19.5. The Kier molecular flexibility index (Phi) is 11.3. The van der Waals surface area contributed by atoms with Crippen LogP contribution in [-0.2, 0) is 33.9 Å². The predicted octanol–water partition coefficient (Wildman–Crippen LogP) is 4.27. The molecule has 0 saturated heterocycles. The Hall–Kier alpha value is -5.95. The van der Waals surface area contributed by atoms with E-state index in [2.05, 4.69) is 30.8 Å². The van der Waals surface area contributed by atoms with E-state index >= 15 is 0 Å². The van der Waals surface area contributed by atoms with Crippen molar-refractivity contribution in [2.45, 2.75) is 58.5 Å². The molecule has 3 aliphatic heterocycles. The Morgan fingerprint density at radius 2 is 1.62 bits per heavy atom. The number of carbonyl (C=O) groups is 5. The second-order valence-electron chi connectivity index (χ2n) is 14.9. The maximum Gasteiger partial charge on any atom is 0.255 e. The quantitative estimate of drug-likeness (QED) is 0.166. The zero-order chi connectivity index (χ0) is 38.5. The lowest BCUT2D eigenvalue weighted by Crippen LogP contribution is -2.40. The van der Waals surface area contributed by atoms with Crippen LogP contribution in [0.1, 0.15) is 82.1 Å². The Labute approximate surface area is 320 Å². The highest BCUT2D eigenvalue weighted by Crippen LogP contribution is 2.31. The Bertz CT molecular complexity index is 2080. The summed E-state index contributed by atoms with van der Waals surface area (Å²) in [5.74, 6) is -0.385. The van der Waals surface area contributed by atoms with E-state index in [1.165, 1.54) is 17.1 Å². The first-order chi connectivity index (χ1) is 26.6. The molecular weight excluding hydrogens is 697 g/mol. The first kappa shape index (κ1) is 37.4. The van der Waals surface area contributed by atoms with E-state index < -0.39 is 0 Å². The van der Waals surface area contributed by atoms with Crippen LogP contribution in [0.4, 0.5) is 11.4 Å². The van der Waals surface area contributed by atoms with Crippen LogP contribution < -0.4 is 21.7 Å². The van der Waals surface area contributed by atoms with Crippen molar-refractivity contribution in [3.8, 4) is 0 Å². The molecule has 0 bridgehead atoms. The maximum absolute atomic E-state index is 13.2. The molecule has 1 saturated carbocycles. The van der Waals surface area contributed by atoms with Gasteiger partial charge in [-0.1, -0.05) is 29.8 Å². The molecule has 1 aliphatic carbocycles. The number of aromatic nitrogens is 1. The number of hydrogen-bond donors (Lipinski definition) is 4. The monoisotopic (exact) mass is 742 g/mol. The maximum atomic E-state index is 13.2. The smallest absolute Gasteiger partial charge is 0.255 e. The molecule has 0 radical (unpaired) electrons. The van der Waals surface area contributed by atoms with Crippen molar-refractivity contribution in [1.29, 1.82) is 0 Å². The molecule has 284 valence electrons. The number of carbonyl (C=O) groups excluding carboxylic acids is 5. The summed E-state index contributed by atoms with van der Waals surface area (Å²) in [6.45, 7) is 5.28. The second-order valence-corrected chi connectivity index (χ2v) is 14.9. The molecule has 1 aromatic heterocycles. The Morgan fingerprint density at radius 1 is 0.891 bits per heavy atom. The van der Waals surface area contributed by atoms with Gasteiger partial charge in [-0.15, -0.1) is 0 Å². The number of pyridine rings is 1. The summed E-state index contributed by atoms with van der Waals surface area (Å²) in [5, 5.41) is 8.81. The van der Waals surface area contributed by atoms with Crippen LogP contribution in [0.25, 0.3) is 6.08 Å². The summed E-state index contributed by atoms with van der Waals surface area (Å²) in [6.07, 6.45) is 10.7. The number of amides is 5. The fraction of sp³-hybridized carbons (Fsp3) is 0.357. The number of amidine groups is 1. The minimum atomic E-state index is -0.265. The van der Waals surface area contributed by atoms with Crippen molar-refractivity contribution < 1.29 is 24.0 Å². The lowest BCUT2D eigenvalue weighted by atomic mass is 9.81. The molecule has 0 unspecified atom stereocenters. The van der Waals surface area contributed by atoms with Gasteiger partial charge in [-0.05, 0) is 80.0 Å². The van der Waals surface area contributed by atoms with Gasteiger partial charge in [0.1, 0.15) is 5.84 Å². The standard InChI is InChI=1S/C42H46N8O5/c1-26-18-31-10-11-32(21-36(31)48-37(43)19-26)42(55)47-34-20-33-25-49(17-14-35(33)46-22-34)23-27-2-6-29(7-3-27)40(53)44-15-16-45-41(54)30-8-4-28(5-9-30)24-50-38(51)12-13-39(50)52/h2-3,6-7,10-13,18,20-22,28,30H,4-5,8-9,14-17,19,23-25H2,1H3,(H2,43,48)(H,44,53)(H,45,54)(H,47,55). The van der Waals surface area contributed by atoms with E-state index in [0.29, 0.717) is 80.3 Å². The fourth-order valence-electron chi connectivity index (χ4n) is 7.70. The molecule has 4 heterocycles. The predicted molar refractivity (Wildman–Crippen MR) is 209 cm³/mol. The number of imide groups is 1. The molecule has 0 atom stereocenters. The molecule has 55 heavy (non-hydrogen) atoms. The van der Waals surface area contributed by atoms with Crippen molar-refractivity contribution in [1.82, 2.24) is 25.4 Å². The number of nitrogens with zero attached hydrogens (tertiary/aromatic N) is 4. The van der Waals surface area contributed by atoms with Crippen molar-refractivity contribution in [3.63, 3.8) is 0 Å². The van der Waals surface area contributed by atoms with Crippen LogP contribution >= 0.6 is 0 Å². The molecule has 3 aromatic rings. The summed E-state index contributed by atoms with van der Waals surface area (Å²) in [7, 11) is 0. The van der Waals surface area contributed by atoms with E-state index in [4.69, 9.17) is 5.73 Å². The lowest BCUT2D eigenvalue weighted by molar-refractivity contribution is -0.138. The highest BCUT2D eigenvalue weighted by Gasteiger charge is 2.31. The van der Waals surface area contributed by atoms with Crippen molar-refractivity contribution in [3.05, 3.63) is 106 Å². The van der Waals surface area contributed by atoms with Crippen molar-refractivity contribution >= 4 is 52.8 Å². The van der Waals surface area contributed by atoms with E-state index in [9.17, 15) is 24.0 Å². The highest BCUT2D eigenvalue weighted by molar-refractivity contribution is 6.12. The molecule has 5 amide bonds. The highest BCUT2D eigenvalue weighted by atomic mass is 16.2. The summed E-state index contributed by atoms with van der Waals surface area (Å²) in [5.41, 5.74) is 13.6. The average molecular weight is 743 g/mol. The van der Waals surface area contributed by atoms with Crippen LogP contribution in [0.15, 0.2) is 77.4 Å². The average Bonchev–Trinajstić information content (AvgIpc) is 3.40. The zero-order valence-electron chi connectivity index (χ0n) is 31.0. The molecule has 2 aromatic carbocycles. The Balaban J connectivity index is 0.836. The van der Waals surface area contributed by atoms with E-state index in [-0.39, 0.29) is 41.4 Å². The first-order valence-electron chi connectivity index (χ1n) is 18.9. The summed E-state index contributed by atoms with van der Waals surface area (Å²) < 4.78 is 0. The van der Waals surface area contributed by atoms with Gasteiger partial charge < -0.3 is 21.7 Å². The molecule has 5 N–H and O–H groups in total. The summed E-state index contributed by atoms with van der Waals surface area (Å²) in [4.78, 5) is 75.2. The number of nitrogens with two attached hydrogens (primary N) is 1.